The normalized spacial score (nSPS) is 25.3. The molecule has 0 aromatic rings. The molecule has 0 aromatic carbocycles. The number of carbonyl (C=O) groups is 1. The average molecular weight is 173 g/mol. The highest BCUT2D eigenvalue weighted by Gasteiger charge is 2.19. The van der Waals surface area contributed by atoms with E-state index in [1.807, 2.05) is 16.7 Å². The van der Waals surface area contributed by atoms with Crippen LogP contribution in [0, 0.1) is 0 Å². The van der Waals surface area contributed by atoms with Crippen molar-refractivity contribution < 1.29 is 4.79 Å². The van der Waals surface area contributed by atoms with Crippen molar-refractivity contribution in [2.45, 2.75) is 25.0 Å². The predicted octanol–water partition coefficient (Wildman–Crippen LogP) is 1.36. The molecular weight excluding hydrogens is 158 g/mol. The molecule has 3 heteroatoms. The van der Waals surface area contributed by atoms with Gasteiger partial charge in [-0.3, -0.25) is 4.79 Å². The Kier molecular flexibility index (Phi) is 3.24. The monoisotopic (exact) mass is 173 g/mol. The van der Waals surface area contributed by atoms with Crippen LogP contribution in [0.1, 0.15) is 19.8 Å². The van der Waals surface area contributed by atoms with Gasteiger partial charge < -0.3 is 4.90 Å². The molecule has 0 bridgehead atoms. The minimum absolute atomic E-state index is 0.226. The fourth-order valence-corrected chi connectivity index (χ4v) is 2.15. The van der Waals surface area contributed by atoms with Crippen molar-refractivity contribution in [3.8, 4) is 0 Å². The Labute approximate surface area is 72.3 Å². The molecule has 1 aliphatic heterocycles. The topological polar surface area (TPSA) is 20.3 Å². The summed E-state index contributed by atoms with van der Waals surface area (Å²) in [6.45, 7) is 3.58. The first kappa shape index (κ1) is 8.91. The summed E-state index contributed by atoms with van der Waals surface area (Å²) in [6, 6.07) is 0. The summed E-state index contributed by atoms with van der Waals surface area (Å²) >= 11 is 1.87. The summed E-state index contributed by atoms with van der Waals surface area (Å²) in [5, 5.41) is 0.674. The summed E-state index contributed by atoms with van der Waals surface area (Å²) in [5.41, 5.74) is 0. The number of piperidine rings is 1. The first-order valence-electron chi connectivity index (χ1n) is 4.02. The summed E-state index contributed by atoms with van der Waals surface area (Å²) < 4.78 is 0. The van der Waals surface area contributed by atoms with Crippen molar-refractivity contribution in [3.63, 3.8) is 0 Å². The summed E-state index contributed by atoms with van der Waals surface area (Å²) in [6.07, 6.45) is 4.56. The smallest absolute Gasteiger partial charge is 0.219 e. The zero-order valence-electron chi connectivity index (χ0n) is 7.17. The van der Waals surface area contributed by atoms with Gasteiger partial charge in [-0.05, 0) is 19.1 Å². The summed E-state index contributed by atoms with van der Waals surface area (Å²) in [4.78, 5) is 12.9. The second-order valence-electron chi connectivity index (χ2n) is 2.96. The van der Waals surface area contributed by atoms with Crippen LogP contribution in [0.5, 0.6) is 0 Å². The molecule has 1 amide bonds. The Morgan fingerprint density at radius 2 is 2.36 bits per heavy atom. The van der Waals surface area contributed by atoms with Crippen LogP contribution in [0.3, 0.4) is 0 Å². The highest BCUT2D eigenvalue weighted by atomic mass is 32.2. The molecule has 64 valence electrons. The minimum atomic E-state index is 0.226. The number of carbonyl (C=O) groups excluding carboxylic acids is 1. The minimum Gasteiger partial charge on any atom is -0.342 e. The van der Waals surface area contributed by atoms with E-state index in [-0.39, 0.29) is 5.91 Å². The van der Waals surface area contributed by atoms with Crippen molar-refractivity contribution in [2.24, 2.45) is 0 Å². The first-order valence-corrected chi connectivity index (χ1v) is 5.31. The molecule has 0 N–H and O–H groups in total. The van der Waals surface area contributed by atoms with E-state index in [9.17, 15) is 4.79 Å². The van der Waals surface area contributed by atoms with E-state index >= 15 is 0 Å². The molecule has 0 spiro atoms. The van der Waals surface area contributed by atoms with Crippen LogP contribution in [-0.2, 0) is 4.79 Å². The highest BCUT2D eigenvalue weighted by Crippen LogP contribution is 2.19. The van der Waals surface area contributed by atoms with Gasteiger partial charge in [0, 0.05) is 25.3 Å². The van der Waals surface area contributed by atoms with Gasteiger partial charge in [0.25, 0.3) is 0 Å². The largest absolute Gasteiger partial charge is 0.342 e. The average Bonchev–Trinajstić information content (AvgIpc) is 2.05. The number of hydrogen-bond acceptors (Lipinski definition) is 2. The number of rotatable bonds is 1. The van der Waals surface area contributed by atoms with Crippen LogP contribution in [0.4, 0.5) is 0 Å². The molecule has 1 aliphatic rings. The van der Waals surface area contributed by atoms with E-state index in [4.69, 9.17) is 0 Å². The highest BCUT2D eigenvalue weighted by molar-refractivity contribution is 7.99. The van der Waals surface area contributed by atoms with Gasteiger partial charge >= 0.3 is 0 Å². The molecule has 11 heavy (non-hydrogen) atoms. The maximum atomic E-state index is 11.0. The molecule has 1 saturated heterocycles. The number of hydrogen-bond donors (Lipinski definition) is 0. The Morgan fingerprint density at radius 3 is 2.91 bits per heavy atom. The fraction of sp³-hybridized carbons (Fsp3) is 0.875. The zero-order chi connectivity index (χ0) is 8.27. The van der Waals surface area contributed by atoms with Gasteiger partial charge in [0.05, 0.1) is 0 Å². The van der Waals surface area contributed by atoms with E-state index < -0.39 is 0 Å². The molecule has 0 saturated carbocycles. The van der Waals surface area contributed by atoms with Crippen molar-refractivity contribution in [1.82, 2.24) is 4.90 Å². The molecule has 2 nitrogen and oxygen atoms in total. The van der Waals surface area contributed by atoms with Crippen LogP contribution in [0.15, 0.2) is 0 Å². The SMILES string of the molecule is CSC1CCCN(C(C)=O)C1. The quantitative estimate of drug-likeness (QED) is 0.597. The number of amides is 1. The third-order valence-corrected chi connectivity index (χ3v) is 3.21. The third-order valence-electron chi connectivity index (χ3n) is 2.16. The number of nitrogens with zero attached hydrogens (tertiary/aromatic N) is 1. The van der Waals surface area contributed by atoms with Gasteiger partial charge in [-0.25, -0.2) is 0 Å². The van der Waals surface area contributed by atoms with Crippen molar-refractivity contribution in [2.75, 3.05) is 19.3 Å². The third kappa shape index (κ3) is 2.40. The summed E-state index contributed by atoms with van der Waals surface area (Å²) in [5.74, 6) is 0.226. The zero-order valence-corrected chi connectivity index (χ0v) is 7.99. The van der Waals surface area contributed by atoms with Crippen LogP contribution in [0.25, 0.3) is 0 Å². The lowest BCUT2D eigenvalue weighted by Crippen LogP contribution is -2.39. The molecular formula is C8H15NOS. The van der Waals surface area contributed by atoms with Gasteiger partial charge in [-0.2, -0.15) is 11.8 Å². The maximum absolute atomic E-state index is 11.0. The molecule has 1 atom stereocenters. The number of likely N-dealkylation sites (tertiary alicyclic amines) is 1. The lowest BCUT2D eigenvalue weighted by atomic mass is 10.1. The molecule has 0 radical (unpaired) electrons. The van der Waals surface area contributed by atoms with Gasteiger partial charge in [-0.1, -0.05) is 0 Å². The standard InChI is InChI=1S/C8H15NOS/c1-7(10)9-5-3-4-8(6-9)11-2/h8H,3-6H2,1-2H3. The van der Waals surface area contributed by atoms with Crippen molar-refractivity contribution >= 4 is 17.7 Å². The molecule has 1 unspecified atom stereocenters. The van der Waals surface area contributed by atoms with Gasteiger partial charge in [0.1, 0.15) is 0 Å². The van der Waals surface area contributed by atoms with Crippen LogP contribution < -0.4 is 0 Å². The Morgan fingerprint density at radius 1 is 1.64 bits per heavy atom. The number of thioether (sulfide) groups is 1. The van der Waals surface area contributed by atoms with Gasteiger partial charge in [0.15, 0.2) is 0 Å². The van der Waals surface area contributed by atoms with Gasteiger partial charge in [0.2, 0.25) is 5.91 Å². The van der Waals surface area contributed by atoms with E-state index in [1.54, 1.807) is 6.92 Å². The Balaban J connectivity index is 2.39. The predicted molar refractivity (Wildman–Crippen MR) is 48.8 cm³/mol. The van der Waals surface area contributed by atoms with E-state index in [1.165, 1.54) is 12.8 Å². The van der Waals surface area contributed by atoms with Crippen LogP contribution >= 0.6 is 11.8 Å². The fourth-order valence-electron chi connectivity index (χ4n) is 1.42. The Hall–Kier alpha value is -0.180. The van der Waals surface area contributed by atoms with E-state index in [0.29, 0.717) is 5.25 Å². The van der Waals surface area contributed by atoms with Gasteiger partial charge in [-0.15, -0.1) is 0 Å². The van der Waals surface area contributed by atoms with Crippen LogP contribution in [0.2, 0.25) is 0 Å². The molecule has 0 aliphatic carbocycles. The second-order valence-corrected chi connectivity index (χ2v) is 4.10. The Bertz CT molecular complexity index is 149. The van der Waals surface area contributed by atoms with Crippen molar-refractivity contribution in [3.05, 3.63) is 0 Å². The van der Waals surface area contributed by atoms with Crippen LogP contribution in [-0.4, -0.2) is 35.4 Å². The summed E-state index contributed by atoms with van der Waals surface area (Å²) in [7, 11) is 0. The second kappa shape index (κ2) is 4.00. The molecule has 1 rings (SSSR count). The molecule has 0 aromatic heterocycles. The van der Waals surface area contributed by atoms with Crippen molar-refractivity contribution in [1.29, 1.82) is 0 Å². The van der Waals surface area contributed by atoms with E-state index in [2.05, 4.69) is 6.26 Å². The van der Waals surface area contributed by atoms with E-state index in [0.717, 1.165) is 13.1 Å². The lowest BCUT2D eigenvalue weighted by Gasteiger charge is -2.30. The maximum Gasteiger partial charge on any atom is 0.219 e. The first-order chi connectivity index (χ1) is 5.24. The molecule has 1 heterocycles. The molecule has 1 fully saturated rings. The lowest BCUT2D eigenvalue weighted by molar-refractivity contribution is -0.129.